The summed E-state index contributed by atoms with van der Waals surface area (Å²) in [5.74, 6) is -2.19. The summed E-state index contributed by atoms with van der Waals surface area (Å²) in [6.07, 6.45) is -5.05. The highest BCUT2D eigenvalue weighted by molar-refractivity contribution is 9.10. The van der Waals surface area contributed by atoms with Crippen LogP contribution in [0.5, 0.6) is 0 Å². The first kappa shape index (κ1) is 13.3. The van der Waals surface area contributed by atoms with Crippen LogP contribution in [0.3, 0.4) is 0 Å². The van der Waals surface area contributed by atoms with E-state index in [2.05, 4.69) is 0 Å². The maximum atomic E-state index is 12.2. The van der Waals surface area contributed by atoms with Crippen molar-refractivity contribution in [3.8, 4) is 0 Å². The predicted octanol–water partition coefficient (Wildman–Crippen LogP) is 4.15. The van der Waals surface area contributed by atoms with Crippen molar-refractivity contribution in [2.45, 2.75) is 15.8 Å². The first-order chi connectivity index (χ1) is 5.55. The fourth-order valence-electron chi connectivity index (χ4n) is 0.317. The van der Waals surface area contributed by atoms with Crippen LogP contribution in [0.1, 0.15) is 0 Å². The lowest BCUT2D eigenvalue weighted by molar-refractivity contribution is -0.119. The van der Waals surface area contributed by atoms with Crippen molar-refractivity contribution in [1.82, 2.24) is 0 Å². The minimum atomic E-state index is -4.80. The molecule has 0 saturated heterocycles. The zero-order valence-electron chi connectivity index (χ0n) is 5.68. The number of hydrogen-bond acceptors (Lipinski definition) is 0. The third kappa shape index (κ3) is 4.90. The quantitative estimate of drug-likeness (QED) is 0.525. The maximum absolute atomic E-state index is 12.2. The highest BCUT2D eigenvalue weighted by Gasteiger charge is 2.39. The minimum Gasteiger partial charge on any atom is -0.204 e. The topological polar surface area (TPSA) is 0 Å². The Morgan fingerprint density at radius 1 is 1.15 bits per heavy atom. The molecule has 0 fully saturated rings. The third-order valence-corrected chi connectivity index (χ3v) is 2.04. The van der Waals surface area contributed by atoms with E-state index in [4.69, 9.17) is 0 Å². The van der Waals surface area contributed by atoms with Gasteiger partial charge in [0.05, 0.1) is 0 Å². The van der Waals surface area contributed by atoms with Gasteiger partial charge in [-0.2, -0.15) is 22.0 Å². The van der Waals surface area contributed by atoms with E-state index >= 15 is 0 Å². The van der Waals surface area contributed by atoms with Crippen molar-refractivity contribution in [1.29, 1.82) is 0 Å². The summed E-state index contributed by atoms with van der Waals surface area (Å²) in [4.78, 5) is -6.49. The molecule has 1 unspecified atom stereocenters. The van der Waals surface area contributed by atoms with E-state index in [1.807, 2.05) is 15.9 Å². The van der Waals surface area contributed by atoms with E-state index in [-0.39, 0.29) is 6.08 Å². The van der Waals surface area contributed by atoms with Crippen LogP contribution in [0, 0.1) is 0 Å². The first-order valence-corrected chi connectivity index (χ1v) is 4.41. The molecule has 0 saturated carbocycles. The standard InChI is InChI=1S/C5H2Br2F6/c6-2(5(11,12)13)1-3(8)4(7,9)10/h1-2H. The molecule has 1 atom stereocenters. The lowest BCUT2D eigenvalue weighted by atomic mass is 10.3. The molecule has 0 aromatic carbocycles. The Morgan fingerprint density at radius 3 is 1.77 bits per heavy atom. The number of rotatable bonds is 2. The van der Waals surface area contributed by atoms with Gasteiger partial charge in [0.15, 0.2) is 5.83 Å². The van der Waals surface area contributed by atoms with Crippen LogP contribution < -0.4 is 0 Å². The molecule has 0 rings (SSSR count). The minimum absolute atomic E-state index is 0.255. The molecule has 0 aromatic heterocycles. The maximum Gasteiger partial charge on any atom is 0.404 e. The first-order valence-electron chi connectivity index (χ1n) is 2.70. The van der Waals surface area contributed by atoms with Crippen molar-refractivity contribution in [3.63, 3.8) is 0 Å². The summed E-state index contributed by atoms with van der Waals surface area (Å²) in [7, 11) is 0. The zero-order chi connectivity index (χ0) is 10.9. The summed E-state index contributed by atoms with van der Waals surface area (Å²) in [5, 5.41) is 0. The molecule has 13 heavy (non-hydrogen) atoms. The van der Waals surface area contributed by atoms with E-state index in [0.717, 1.165) is 0 Å². The number of allylic oxidation sites excluding steroid dienone is 2. The van der Waals surface area contributed by atoms with Crippen LogP contribution in [-0.4, -0.2) is 15.8 Å². The summed E-state index contributed by atoms with van der Waals surface area (Å²) in [5.41, 5.74) is 0. The van der Waals surface area contributed by atoms with Gasteiger partial charge >= 0.3 is 11.0 Å². The normalized spacial score (nSPS) is 17.4. The van der Waals surface area contributed by atoms with Crippen LogP contribution in [0.25, 0.3) is 0 Å². The van der Waals surface area contributed by atoms with Crippen LogP contribution in [0.2, 0.25) is 0 Å². The molecule has 8 heteroatoms. The SMILES string of the molecule is FC(=CC(Br)C(F)(F)F)C(F)(F)Br. The van der Waals surface area contributed by atoms with Gasteiger partial charge in [-0.25, -0.2) is 4.39 Å². The Hall–Kier alpha value is 0.280. The third-order valence-electron chi connectivity index (χ3n) is 0.876. The van der Waals surface area contributed by atoms with Gasteiger partial charge < -0.3 is 0 Å². The van der Waals surface area contributed by atoms with E-state index in [0.29, 0.717) is 0 Å². The Balaban J connectivity index is 4.59. The second-order valence-electron chi connectivity index (χ2n) is 1.96. The second-order valence-corrected chi connectivity index (χ2v) is 3.94. The van der Waals surface area contributed by atoms with Crippen LogP contribution in [-0.2, 0) is 0 Å². The van der Waals surface area contributed by atoms with Gasteiger partial charge in [-0.1, -0.05) is 15.9 Å². The molecular weight excluding hydrogens is 334 g/mol. The van der Waals surface area contributed by atoms with Crippen molar-refractivity contribution >= 4 is 31.9 Å². The number of halogens is 8. The largest absolute Gasteiger partial charge is 0.404 e. The molecule has 0 bridgehead atoms. The van der Waals surface area contributed by atoms with Crippen molar-refractivity contribution in [2.75, 3.05) is 0 Å². The van der Waals surface area contributed by atoms with Crippen LogP contribution >= 0.6 is 31.9 Å². The van der Waals surface area contributed by atoms with Crippen LogP contribution in [0.4, 0.5) is 26.3 Å². The van der Waals surface area contributed by atoms with E-state index in [1.54, 1.807) is 15.9 Å². The highest BCUT2D eigenvalue weighted by Crippen LogP contribution is 2.35. The van der Waals surface area contributed by atoms with E-state index in [9.17, 15) is 26.3 Å². The monoisotopic (exact) mass is 334 g/mol. The number of hydrogen-bond donors (Lipinski definition) is 0. The van der Waals surface area contributed by atoms with Gasteiger partial charge in [-0.05, 0) is 22.0 Å². The Kier molecular flexibility index (Phi) is 4.29. The Bertz CT molecular complexity index is 202. The van der Waals surface area contributed by atoms with Gasteiger partial charge in [0.1, 0.15) is 4.83 Å². The predicted molar refractivity (Wildman–Crippen MR) is 41.8 cm³/mol. The molecule has 0 radical (unpaired) electrons. The molecule has 0 aliphatic heterocycles. The van der Waals surface area contributed by atoms with Gasteiger partial charge in [-0.15, -0.1) is 0 Å². The van der Waals surface area contributed by atoms with E-state index < -0.39 is 21.7 Å². The molecule has 0 aliphatic carbocycles. The number of alkyl halides is 7. The zero-order valence-corrected chi connectivity index (χ0v) is 8.85. The highest BCUT2D eigenvalue weighted by atomic mass is 79.9. The van der Waals surface area contributed by atoms with E-state index in [1.165, 1.54) is 0 Å². The molecule has 0 aliphatic rings. The average molecular weight is 336 g/mol. The van der Waals surface area contributed by atoms with Gasteiger partial charge in [0, 0.05) is 0 Å². The van der Waals surface area contributed by atoms with Gasteiger partial charge in [0.25, 0.3) is 0 Å². The Morgan fingerprint density at radius 2 is 1.54 bits per heavy atom. The summed E-state index contributed by atoms with van der Waals surface area (Å²) in [6, 6.07) is 0. The fourth-order valence-corrected chi connectivity index (χ4v) is 0.682. The fraction of sp³-hybridized carbons (Fsp3) is 0.600. The molecule has 0 N–H and O–H groups in total. The molecular formula is C5H2Br2F6. The summed E-state index contributed by atoms with van der Waals surface area (Å²) >= 11 is 3.57. The lowest BCUT2D eigenvalue weighted by Gasteiger charge is -2.11. The Labute approximate surface area is 86.2 Å². The van der Waals surface area contributed by atoms with Crippen molar-refractivity contribution in [3.05, 3.63) is 11.9 Å². The van der Waals surface area contributed by atoms with Crippen LogP contribution in [0.15, 0.2) is 11.9 Å². The van der Waals surface area contributed by atoms with Crippen molar-refractivity contribution in [2.24, 2.45) is 0 Å². The molecule has 78 valence electrons. The van der Waals surface area contributed by atoms with Gasteiger partial charge in [0.2, 0.25) is 0 Å². The smallest absolute Gasteiger partial charge is 0.204 e. The molecule has 0 heterocycles. The molecule has 0 amide bonds. The molecule has 0 spiro atoms. The molecule has 0 nitrogen and oxygen atoms in total. The average Bonchev–Trinajstić information content (AvgIpc) is 1.82. The summed E-state index contributed by atoms with van der Waals surface area (Å²) in [6.45, 7) is 0. The lowest BCUT2D eigenvalue weighted by Crippen LogP contribution is -2.22. The summed E-state index contributed by atoms with van der Waals surface area (Å²) < 4.78 is 71.2. The van der Waals surface area contributed by atoms with Gasteiger partial charge in [-0.3, -0.25) is 0 Å². The second kappa shape index (κ2) is 4.20. The van der Waals surface area contributed by atoms with Crippen molar-refractivity contribution < 1.29 is 26.3 Å². The molecule has 0 aromatic rings.